The maximum atomic E-state index is 13.9. The van der Waals surface area contributed by atoms with Gasteiger partial charge in [-0.2, -0.15) is 0 Å². The maximum Gasteiger partial charge on any atom is 0.241 e. The predicted octanol–water partition coefficient (Wildman–Crippen LogP) is 5.31. The molecule has 7 rings (SSSR count). The molecule has 37 heavy (non-hydrogen) atoms. The molecule has 3 saturated heterocycles. The van der Waals surface area contributed by atoms with Crippen LogP contribution in [0.4, 0.5) is 0 Å². The molecule has 3 aromatic carbocycles. The number of pyridine rings is 1. The molecular formula is C30H31N3O3S. The van der Waals surface area contributed by atoms with E-state index in [4.69, 9.17) is 4.74 Å². The molecule has 0 amide bonds. The summed E-state index contributed by atoms with van der Waals surface area (Å²) in [5.41, 5.74) is 1.73. The summed E-state index contributed by atoms with van der Waals surface area (Å²) in [6.45, 7) is 5.92. The zero-order valence-electron chi connectivity index (χ0n) is 20.9. The number of rotatable bonds is 7. The molecule has 0 radical (unpaired) electrons. The fourth-order valence-corrected chi connectivity index (χ4v) is 7.47. The van der Waals surface area contributed by atoms with Crippen LogP contribution in [-0.4, -0.2) is 44.5 Å². The van der Waals surface area contributed by atoms with Crippen LogP contribution in [0.3, 0.4) is 0 Å². The van der Waals surface area contributed by atoms with Crippen molar-refractivity contribution in [1.29, 1.82) is 0 Å². The van der Waals surface area contributed by atoms with Gasteiger partial charge in [0.25, 0.3) is 0 Å². The van der Waals surface area contributed by atoms with E-state index in [2.05, 4.69) is 27.3 Å². The van der Waals surface area contributed by atoms with E-state index in [9.17, 15) is 8.42 Å². The number of ether oxygens (including phenoxy) is 1. The van der Waals surface area contributed by atoms with Gasteiger partial charge in [-0.25, -0.2) is 13.1 Å². The smallest absolute Gasteiger partial charge is 0.241 e. The lowest BCUT2D eigenvalue weighted by Gasteiger charge is -2.51. The maximum absolute atomic E-state index is 13.9. The topological polar surface area (TPSA) is 71.5 Å². The summed E-state index contributed by atoms with van der Waals surface area (Å²) in [5.74, 6) is 1.66. The first-order valence-corrected chi connectivity index (χ1v) is 14.3. The van der Waals surface area contributed by atoms with E-state index in [1.54, 1.807) is 25.4 Å². The zero-order chi connectivity index (χ0) is 25.6. The van der Waals surface area contributed by atoms with Gasteiger partial charge in [-0.3, -0.25) is 9.88 Å². The standard InChI is InChI=1S/C30H31N3O3S/c1-3-20-19-33-15-13-23(20)17-29(33)30(26-12-14-31-28-11-9-24(36-2)18-27(26)28)32-37(34,35)25-10-8-21-6-4-5-7-22(21)16-25/h3-12,14,16,18,20,23,29-30,32H,1,13,15,17,19H2,2H3/t20-,23-,29-,30-/m0/s1. The third kappa shape index (κ3) is 4.41. The number of benzene rings is 3. The van der Waals surface area contributed by atoms with Gasteiger partial charge in [-0.1, -0.05) is 36.4 Å². The summed E-state index contributed by atoms with van der Waals surface area (Å²) in [7, 11) is -2.18. The van der Waals surface area contributed by atoms with Gasteiger partial charge in [0.2, 0.25) is 10.0 Å². The normalized spacial score (nSPS) is 24.2. The van der Waals surface area contributed by atoms with Crippen molar-refractivity contribution in [2.75, 3.05) is 20.2 Å². The molecular weight excluding hydrogens is 482 g/mol. The van der Waals surface area contributed by atoms with Crippen molar-refractivity contribution >= 4 is 31.7 Å². The van der Waals surface area contributed by atoms with Gasteiger partial charge in [0.1, 0.15) is 5.75 Å². The third-order valence-corrected chi connectivity index (χ3v) is 9.61. The SMILES string of the molecule is C=C[C@H]1CN2CC[C@H]1C[C@H]2[C@@H](NS(=O)(=O)c1ccc2ccccc2c1)c1ccnc2ccc(OC)cc12. The van der Waals surface area contributed by atoms with Crippen molar-refractivity contribution in [3.8, 4) is 5.75 Å². The highest BCUT2D eigenvalue weighted by molar-refractivity contribution is 7.89. The second kappa shape index (κ2) is 9.56. The highest BCUT2D eigenvalue weighted by Crippen LogP contribution is 2.43. The number of sulfonamides is 1. The molecule has 2 bridgehead atoms. The molecule has 0 saturated carbocycles. The zero-order valence-corrected chi connectivity index (χ0v) is 21.7. The first-order valence-electron chi connectivity index (χ1n) is 12.8. The fraction of sp³-hybridized carbons (Fsp3) is 0.300. The van der Waals surface area contributed by atoms with Gasteiger partial charge >= 0.3 is 0 Å². The van der Waals surface area contributed by atoms with Gasteiger partial charge in [0, 0.05) is 24.2 Å². The van der Waals surface area contributed by atoms with Crippen molar-refractivity contribution in [2.24, 2.45) is 11.8 Å². The Morgan fingerprint density at radius 2 is 1.95 bits per heavy atom. The summed E-state index contributed by atoms with van der Waals surface area (Å²) in [4.78, 5) is 7.25. The van der Waals surface area contributed by atoms with Crippen LogP contribution in [0, 0.1) is 11.8 Å². The summed E-state index contributed by atoms with van der Waals surface area (Å²) >= 11 is 0. The summed E-state index contributed by atoms with van der Waals surface area (Å²) in [6, 6.07) is 20.4. The van der Waals surface area contributed by atoms with Crippen LogP contribution < -0.4 is 9.46 Å². The Balaban J connectivity index is 1.45. The van der Waals surface area contributed by atoms with Crippen LogP contribution in [0.1, 0.15) is 24.4 Å². The Labute approximate surface area is 218 Å². The Morgan fingerprint density at radius 3 is 2.70 bits per heavy atom. The molecule has 3 aliphatic rings. The Hall–Kier alpha value is -3.26. The summed E-state index contributed by atoms with van der Waals surface area (Å²) < 4.78 is 36.5. The number of hydrogen-bond donors (Lipinski definition) is 1. The second-order valence-corrected chi connectivity index (χ2v) is 11.9. The van der Waals surface area contributed by atoms with Gasteiger partial charge in [-0.15, -0.1) is 6.58 Å². The monoisotopic (exact) mass is 513 g/mol. The molecule has 4 aromatic rings. The molecule has 1 aromatic heterocycles. The van der Waals surface area contributed by atoms with E-state index in [0.717, 1.165) is 58.9 Å². The first-order chi connectivity index (χ1) is 18.0. The molecule has 3 fully saturated rings. The van der Waals surface area contributed by atoms with Gasteiger partial charge in [0.05, 0.1) is 23.6 Å². The third-order valence-electron chi connectivity index (χ3n) is 8.17. The van der Waals surface area contributed by atoms with E-state index in [-0.39, 0.29) is 10.9 Å². The highest BCUT2D eigenvalue weighted by atomic mass is 32.2. The van der Waals surface area contributed by atoms with E-state index < -0.39 is 16.1 Å². The molecule has 3 aliphatic heterocycles. The van der Waals surface area contributed by atoms with Crippen LogP contribution in [0.2, 0.25) is 0 Å². The van der Waals surface area contributed by atoms with Gasteiger partial charge < -0.3 is 4.74 Å². The van der Waals surface area contributed by atoms with Crippen molar-refractivity contribution in [2.45, 2.75) is 29.8 Å². The Kier molecular flexibility index (Phi) is 6.23. The van der Waals surface area contributed by atoms with Gasteiger partial charge in [-0.05, 0) is 84.0 Å². The van der Waals surface area contributed by atoms with E-state index >= 15 is 0 Å². The van der Waals surface area contributed by atoms with Crippen molar-refractivity contribution in [3.63, 3.8) is 0 Å². The van der Waals surface area contributed by atoms with Crippen LogP contribution in [0.5, 0.6) is 5.75 Å². The van der Waals surface area contributed by atoms with Crippen LogP contribution >= 0.6 is 0 Å². The Bertz CT molecular complexity index is 1590. The number of fused-ring (bicyclic) bond motifs is 5. The lowest BCUT2D eigenvalue weighted by Crippen LogP contribution is -2.57. The number of nitrogens with zero attached hydrogens (tertiary/aromatic N) is 2. The number of piperidine rings is 3. The predicted molar refractivity (Wildman–Crippen MR) is 147 cm³/mol. The number of aromatic nitrogens is 1. The molecule has 4 heterocycles. The second-order valence-electron chi connectivity index (χ2n) is 10.1. The van der Waals surface area contributed by atoms with Gasteiger partial charge in [0.15, 0.2) is 0 Å². The molecule has 6 nitrogen and oxygen atoms in total. The molecule has 1 N–H and O–H groups in total. The van der Waals surface area contributed by atoms with Crippen LogP contribution in [0.15, 0.2) is 90.5 Å². The molecule has 190 valence electrons. The number of hydrogen-bond acceptors (Lipinski definition) is 5. The highest BCUT2D eigenvalue weighted by Gasteiger charge is 2.44. The average molecular weight is 514 g/mol. The van der Waals surface area contributed by atoms with Crippen molar-refractivity contribution in [1.82, 2.24) is 14.6 Å². The molecule has 1 unspecified atom stereocenters. The largest absolute Gasteiger partial charge is 0.497 e. The van der Waals surface area contributed by atoms with Crippen molar-refractivity contribution < 1.29 is 13.2 Å². The molecule has 7 heteroatoms. The van der Waals surface area contributed by atoms with Crippen LogP contribution in [0.25, 0.3) is 21.7 Å². The summed E-state index contributed by atoms with van der Waals surface area (Å²) in [6.07, 6.45) is 5.86. The quantitative estimate of drug-likeness (QED) is 0.339. The van der Waals surface area contributed by atoms with E-state index in [1.807, 2.05) is 54.6 Å². The molecule has 0 aliphatic carbocycles. The lowest BCUT2D eigenvalue weighted by atomic mass is 9.73. The minimum absolute atomic E-state index is 0.0296. The minimum atomic E-state index is -3.82. The average Bonchev–Trinajstić information content (AvgIpc) is 2.95. The van der Waals surface area contributed by atoms with Crippen LogP contribution in [-0.2, 0) is 10.0 Å². The number of nitrogens with one attached hydrogen (secondary N) is 1. The minimum Gasteiger partial charge on any atom is -0.497 e. The van der Waals surface area contributed by atoms with E-state index in [1.165, 1.54) is 0 Å². The molecule has 5 atom stereocenters. The van der Waals surface area contributed by atoms with E-state index in [0.29, 0.717) is 11.8 Å². The van der Waals surface area contributed by atoms with Crippen molar-refractivity contribution in [3.05, 3.63) is 91.1 Å². The fourth-order valence-electron chi connectivity index (χ4n) is 6.19. The summed E-state index contributed by atoms with van der Waals surface area (Å²) in [5, 5.41) is 2.81. The molecule has 0 spiro atoms. The first kappa shape index (κ1) is 24.1. The number of methoxy groups -OCH3 is 1. The lowest BCUT2D eigenvalue weighted by molar-refractivity contribution is 0.00490. The Morgan fingerprint density at radius 1 is 1.11 bits per heavy atom.